The molecule has 0 bridgehead atoms. The number of hydrogen-bond acceptors (Lipinski definition) is 5. The van der Waals surface area contributed by atoms with E-state index >= 15 is 0 Å². The van der Waals surface area contributed by atoms with Crippen molar-refractivity contribution in [3.8, 4) is 0 Å². The number of rotatable bonds is 6. The van der Waals surface area contributed by atoms with E-state index in [0.29, 0.717) is 31.6 Å². The summed E-state index contributed by atoms with van der Waals surface area (Å²) in [5.74, 6) is 0.449. The summed E-state index contributed by atoms with van der Waals surface area (Å²) < 4.78 is 10.1. The van der Waals surface area contributed by atoms with E-state index in [1.54, 1.807) is 6.92 Å². The minimum absolute atomic E-state index is 0.0315. The van der Waals surface area contributed by atoms with Crippen molar-refractivity contribution < 1.29 is 19.1 Å². The van der Waals surface area contributed by atoms with E-state index in [9.17, 15) is 9.59 Å². The number of piperidine rings is 2. The fraction of sp³-hybridized carbons (Fsp3) is 0.857. The van der Waals surface area contributed by atoms with Gasteiger partial charge >= 0.3 is 5.97 Å². The molecule has 2 heterocycles. The summed E-state index contributed by atoms with van der Waals surface area (Å²) in [6, 6.07) is 0.355. The van der Waals surface area contributed by atoms with Crippen LogP contribution < -0.4 is 5.32 Å². The van der Waals surface area contributed by atoms with Crippen LogP contribution in [0.5, 0.6) is 0 Å². The molecule has 1 amide bonds. The maximum Gasteiger partial charge on any atom is 0.332 e. The maximum atomic E-state index is 11.3. The Balaban J connectivity index is 1.61. The van der Waals surface area contributed by atoms with Crippen LogP contribution in [0.15, 0.2) is 0 Å². The molecule has 0 aromatic carbocycles. The Labute approximate surface area is 119 Å². The molecule has 2 unspecified atom stereocenters. The zero-order valence-corrected chi connectivity index (χ0v) is 12.1. The van der Waals surface area contributed by atoms with E-state index < -0.39 is 0 Å². The molecule has 0 saturated carbocycles. The predicted octanol–water partition coefficient (Wildman–Crippen LogP) is 0.167. The van der Waals surface area contributed by atoms with Gasteiger partial charge in [0.25, 0.3) is 0 Å². The van der Waals surface area contributed by atoms with E-state index in [0.717, 1.165) is 32.5 Å². The van der Waals surface area contributed by atoms with Gasteiger partial charge in [0.1, 0.15) is 6.61 Å². The first-order valence-electron chi connectivity index (χ1n) is 7.44. The summed E-state index contributed by atoms with van der Waals surface area (Å²) in [6.07, 6.45) is 2.64. The van der Waals surface area contributed by atoms with E-state index in [2.05, 4.69) is 10.2 Å². The van der Waals surface area contributed by atoms with E-state index in [1.807, 2.05) is 0 Å². The van der Waals surface area contributed by atoms with Gasteiger partial charge in [-0.3, -0.25) is 4.79 Å². The van der Waals surface area contributed by atoms with Crippen LogP contribution in [0.25, 0.3) is 0 Å². The largest absolute Gasteiger partial charge is 0.464 e. The van der Waals surface area contributed by atoms with Crippen molar-refractivity contribution in [3.05, 3.63) is 0 Å². The van der Waals surface area contributed by atoms with Crippen molar-refractivity contribution in [2.45, 2.75) is 32.2 Å². The van der Waals surface area contributed by atoms with Crippen molar-refractivity contribution in [3.63, 3.8) is 0 Å². The van der Waals surface area contributed by atoms with Gasteiger partial charge in [-0.25, -0.2) is 4.79 Å². The average Bonchev–Trinajstić information content (AvgIpc) is 2.44. The molecule has 2 saturated heterocycles. The van der Waals surface area contributed by atoms with Crippen LogP contribution in [0.3, 0.4) is 0 Å². The highest BCUT2D eigenvalue weighted by atomic mass is 16.6. The first kappa shape index (κ1) is 15.3. The molecular weight excluding hydrogens is 260 g/mol. The van der Waals surface area contributed by atoms with Gasteiger partial charge in [-0.15, -0.1) is 0 Å². The van der Waals surface area contributed by atoms with Crippen LogP contribution in [0.1, 0.15) is 26.2 Å². The van der Waals surface area contributed by atoms with Crippen LogP contribution in [-0.4, -0.2) is 62.3 Å². The van der Waals surface area contributed by atoms with Gasteiger partial charge < -0.3 is 19.7 Å². The fourth-order valence-electron chi connectivity index (χ4n) is 2.94. The Bertz CT molecular complexity index is 348. The second-order valence-corrected chi connectivity index (χ2v) is 5.42. The van der Waals surface area contributed by atoms with Crippen molar-refractivity contribution in [2.75, 3.05) is 39.5 Å². The lowest BCUT2D eigenvalue weighted by atomic mass is 9.85. The monoisotopic (exact) mass is 284 g/mol. The molecule has 6 nitrogen and oxygen atoms in total. The van der Waals surface area contributed by atoms with Crippen molar-refractivity contribution in [2.24, 2.45) is 5.92 Å². The molecule has 2 rings (SSSR count). The van der Waals surface area contributed by atoms with Gasteiger partial charge in [0.2, 0.25) is 5.91 Å². The molecule has 2 aliphatic rings. The minimum atomic E-state index is -0.304. The minimum Gasteiger partial charge on any atom is -0.464 e. The molecule has 0 aromatic heterocycles. The summed E-state index contributed by atoms with van der Waals surface area (Å²) in [5, 5.41) is 3.08. The zero-order valence-electron chi connectivity index (χ0n) is 12.1. The third kappa shape index (κ3) is 4.45. The number of carbonyl (C=O) groups excluding carboxylic acids is 2. The number of nitrogens with one attached hydrogen (secondary N) is 1. The Kier molecular flexibility index (Phi) is 5.79. The second-order valence-electron chi connectivity index (χ2n) is 5.42. The fourth-order valence-corrected chi connectivity index (χ4v) is 2.94. The molecule has 0 radical (unpaired) electrons. The van der Waals surface area contributed by atoms with Crippen LogP contribution >= 0.6 is 0 Å². The van der Waals surface area contributed by atoms with Crippen LogP contribution in [0, 0.1) is 5.92 Å². The molecule has 0 spiro atoms. The van der Waals surface area contributed by atoms with Crippen molar-refractivity contribution in [1.82, 2.24) is 10.2 Å². The summed E-state index contributed by atoms with van der Waals surface area (Å²) in [6.45, 7) is 5.56. The number of carbonyl (C=O) groups is 2. The molecular formula is C14H24N2O4. The standard InChI is InChI=1S/C14H24N2O4/c1-2-20-14(18)10-19-8-7-16-6-5-12-11(9-16)3-4-13(17)15-12/h11-12H,2-10H2,1H3,(H,15,17). The molecule has 2 atom stereocenters. The summed E-state index contributed by atoms with van der Waals surface area (Å²) >= 11 is 0. The number of hydrogen-bond donors (Lipinski definition) is 1. The average molecular weight is 284 g/mol. The highest BCUT2D eigenvalue weighted by Crippen LogP contribution is 2.24. The van der Waals surface area contributed by atoms with E-state index in [1.165, 1.54) is 0 Å². The lowest BCUT2D eigenvalue weighted by molar-refractivity contribution is -0.148. The third-order valence-corrected chi connectivity index (χ3v) is 3.98. The van der Waals surface area contributed by atoms with Gasteiger partial charge in [-0.1, -0.05) is 0 Å². The number of likely N-dealkylation sites (tertiary alicyclic amines) is 1. The van der Waals surface area contributed by atoms with Gasteiger partial charge in [-0.2, -0.15) is 0 Å². The second kappa shape index (κ2) is 7.59. The highest BCUT2D eigenvalue weighted by molar-refractivity contribution is 5.77. The summed E-state index contributed by atoms with van der Waals surface area (Å²) in [5.41, 5.74) is 0. The van der Waals surface area contributed by atoms with E-state index in [-0.39, 0.29) is 18.5 Å². The topological polar surface area (TPSA) is 67.9 Å². The van der Waals surface area contributed by atoms with Gasteiger partial charge in [-0.05, 0) is 25.7 Å². The van der Waals surface area contributed by atoms with Crippen molar-refractivity contribution in [1.29, 1.82) is 0 Å². The van der Waals surface area contributed by atoms with Crippen LogP contribution in [0.2, 0.25) is 0 Å². The number of ether oxygens (including phenoxy) is 2. The van der Waals surface area contributed by atoms with Gasteiger partial charge in [0, 0.05) is 32.1 Å². The third-order valence-electron chi connectivity index (χ3n) is 3.98. The number of amides is 1. The molecule has 2 fully saturated rings. The zero-order chi connectivity index (χ0) is 14.4. The molecule has 1 N–H and O–H groups in total. The Morgan fingerprint density at radius 1 is 1.45 bits per heavy atom. The predicted molar refractivity (Wildman–Crippen MR) is 73.2 cm³/mol. The molecule has 6 heteroatoms. The number of fused-ring (bicyclic) bond motifs is 1. The lowest BCUT2D eigenvalue weighted by Gasteiger charge is -2.41. The first-order chi connectivity index (χ1) is 9.69. The van der Waals surface area contributed by atoms with E-state index in [4.69, 9.17) is 9.47 Å². The van der Waals surface area contributed by atoms with Crippen LogP contribution in [0.4, 0.5) is 0 Å². The Morgan fingerprint density at radius 3 is 3.10 bits per heavy atom. The number of nitrogens with zero attached hydrogens (tertiary/aromatic N) is 1. The SMILES string of the molecule is CCOC(=O)COCCN1CCC2NC(=O)CCC2C1. The smallest absolute Gasteiger partial charge is 0.332 e. The summed E-state index contributed by atoms with van der Waals surface area (Å²) in [4.78, 5) is 24.8. The maximum absolute atomic E-state index is 11.3. The highest BCUT2D eigenvalue weighted by Gasteiger charge is 2.33. The quantitative estimate of drug-likeness (QED) is 0.556. The summed E-state index contributed by atoms with van der Waals surface area (Å²) in [7, 11) is 0. The molecule has 0 aromatic rings. The normalized spacial score (nSPS) is 26.8. The van der Waals surface area contributed by atoms with Crippen LogP contribution in [-0.2, 0) is 19.1 Å². The Hall–Kier alpha value is -1.14. The number of esters is 1. The first-order valence-corrected chi connectivity index (χ1v) is 7.44. The molecule has 0 aliphatic carbocycles. The van der Waals surface area contributed by atoms with Gasteiger partial charge in [0.05, 0.1) is 13.2 Å². The Morgan fingerprint density at radius 2 is 2.30 bits per heavy atom. The molecule has 2 aliphatic heterocycles. The lowest BCUT2D eigenvalue weighted by Crippen LogP contribution is -2.54. The molecule has 114 valence electrons. The molecule has 20 heavy (non-hydrogen) atoms. The van der Waals surface area contributed by atoms with Gasteiger partial charge in [0.15, 0.2) is 0 Å². The van der Waals surface area contributed by atoms with Crippen molar-refractivity contribution >= 4 is 11.9 Å².